The van der Waals surface area contributed by atoms with E-state index in [2.05, 4.69) is 25.1 Å². The Balaban J connectivity index is 1.99. The molecule has 0 unspecified atom stereocenters. The van der Waals surface area contributed by atoms with Gasteiger partial charge in [0.2, 0.25) is 11.8 Å². The van der Waals surface area contributed by atoms with Gasteiger partial charge in [0.05, 0.1) is 13.0 Å². The standard InChI is InChI=1S/C11H11ClN6O2/c1-19-11-9-10(14-5-15-11)18(7(4-12)17-9)3-2-8-13-6-16-20-8/h5-6H,2-4H2,1H3. The fourth-order valence-corrected chi connectivity index (χ4v) is 2.16. The molecule has 0 amide bonds. The molecular weight excluding hydrogens is 284 g/mol. The van der Waals surface area contributed by atoms with Gasteiger partial charge in [0.1, 0.15) is 12.2 Å². The Bertz CT molecular complexity index is 711. The van der Waals surface area contributed by atoms with Gasteiger partial charge in [-0.15, -0.1) is 11.6 Å². The van der Waals surface area contributed by atoms with Crippen molar-refractivity contribution in [3.05, 3.63) is 24.4 Å². The molecule has 0 atom stereocenters. The number of halogens is 1. The van der Waals surface area contributed by atoms with Gasteiger partial charge in [-0.05, 0) is 0 Å². The second kappa shape index (κ2) is 5.41. The van der Waals surface area contributed by atoms with E-state index in [0.29, 0.717) is 41.7 Å². The summed E-state index contributed by atoms with van der Waals surface area (Å²) in [6.07, 6.45) is 3.38. The molecule has 8 nitrogen and oxygen atoms in total. The Morgan fingerprint density at radius 2 is 2.20 bits per heavy atom. The van der Waals surface area contributed by atoms with Crippen LogP contribution in [0.1, 0.15) is 11.7 Å². The van der Waals surface area contributed by atoms with E-state index in [4.69, 9.17) is 20.9 Å². The Morgan fingerprint density at radius 3 is 2.90 bits per heavy atom. The van der Waals surface area contributed by atoms with Gasteiger partial charge >= 0.3 is 0 Å². The van der Waals surface area contributed by atoms with E-state index in [1.54, 1.807) is 7.11 Å². The van der Waals surface area contributed by atoms with Crippen molar-refractivity contribution in [3.8, 4) is 5.88 Å². The second-order valence-corrected chi connectivity index (χ2v) is 4.22. The summed E-state index contributed by atoms with van der Waals surface area (Å²) in [4.78, 5) is 16.7. The lowest BCUT2D eigenvalue weighted by Crippen LogP contribution is -2.06. The molecule has 0 saturated carbocycles. The third kappa shape index (κ3) is 2.18. The molecule has 3 aromatic heterocycles. The average Bonchev–Trinajstić information content (AvgIpc) is 3.11. The molecule has 0 radical (unpaired) electrons. The molecule has 0 bridgehead atoms. The minimum absolute atomic E-state index is 0.267. The molecule has 0 N–H and O–H groups in total. The van der Waals surface area contributed by atoms with Gasteiger partial charge in [-0.3, -0.25) is 0 Å². The Morgan fingerprint density at radius 1 is 1.30 bits per heavy atom. The predicted octanol–water partition coefficient (Wildman–Crippen LogP) is 1.20. The van der Waals surface area contributed by atoms with Gasteiger partial charge in [-0.1, -0.05) is 5.16 Å². The maximum absolute atomic E-state index is 5.94. The van der Waals surface area contributed by atoms with Crippen molar-refractivity contribution < 1.29 is 9.26 Å². The summed E-state index contributed by atoms with van der Waals surface area (Å²) in [5, 5.41) is 3.57. The quantitative estimate of drug-likeness (QED) is 0.653. The number of fused-ring (bicyclic) bond motifs is 1. The second-order valence-electron chi connectivity index (χ2n) is 3.95. The Hall–Kier alpha value is -2.22. The molecule has 3 aromatic rings. The lowest BCUT2D eigenvalue weighted by molar-refractivity contribution is 0.371. The van der Waals surface area contributed by atoms with Crippen molar-refractivity contribution in [2.75, 3.05) is 7.11 Å². The van der Waals surface area contributed by atoms with Crippen LogP contribution in [-0.4, -0.2) is 36.8 Å². The SMILES string of the molecule is COc1ncnc2c1nc(CCl)n2CCc1ncno1. The number of hydrogen-bond acceptors (Lipinski definition) is 7. The molecule has 0 aliphatic heterocycles. The van der Waals surface area contributed by atoms with Crippen LogP contribution in [0.2, 0.25) is 0 Å². The van der Waals surface area contributed by atoms with E-state index < -0.39 is 0 Å². The number of nitrogens with zero attached hydrogens (tertiary/aromatic N) is 6. The van der Waals surface area contributed by atoms with Crippen LogP contribution in [0.3, 0.4) is 0 Å². The molecule has 20 heavy (non-hydrogen) atoms. The number of rotatable bonds is 5. The number of aromatic nitrogens is 6. The Labute approximate surface area is 118 Å². The summed E-state index contributed by atoms with van der Waals surface area (Å²) in [5.41, 5.74) is 1.27. The molecular formula is C11H11ClN6O2. The first-order valence-electron chi connectivity index (χ1n) is 5.89. The molecule has 0 saturated heterocycles. The highest BCUT2D eigenvalue weighted by Crippen LogP contribution is 2.22. The van der Waals surface area contributed by atoms with Crippen LogP contribution in [0.5, 0.6) is 5.88 Å². The van der Waals surface area contributed by atoms with E-state index in [1.165, 1.54) is 12.7 Å². The minimum Gasteiger partial charge on any atom is -0.479 e. The van der Waals surface area contributed by atoms with Gasteiger partial charge in [-0.25, -0.2) is 9.97 Å². The lowest BCUT2D eigenvalue weighted by atomic mass is 10.4. The molecule has 0 spiro atoms. The van der Waals surface area contributed by atoms with E-state index >= 15 is 0 Å². The maximum Gasteiger partial charge on any atom is 0.245 e. The van der Waals surface area contributed by atoms with Crippen LogP contribution < -0.4 is 4.74 Å². The van der Waals surface area contributed by atoms with E-state index in [0.717, 1.165) is 0 Å². The molecule has 3 rings (SSSR count). The highest BCUT2D eigenvalue weighted by atomic mass is 35.5. The molecule has 0 aliphatic carbocycles. The van der Waals surface area contributed by atoms with Crippen molar-refractivity contribution >= 4 is 22.8 Å². The Kier molecular flexibility index (Phi) is 3.46. The molecule has 0 fully saturated rings. The zero-order valence-electron chi connectivity index (χ0n) is 10.7. The van der Waals surface area contributed by atoms with Gasteiger partial charge in [0, 0.05) is 13.0 Å². The molecule has 3 heterocycles. The topological polar surface area (TPSA) is 91.8 Å². The van der Waals surface area contributed by atoms with Crippen LogP contribution in [0.15, 0.2) is 17.2 Å². The third-order valence-electron chi connectivity index (χ3n) is 2.85. The molecule has 104 valence electrons. The van der Waals surface area contributed by atoms with Crippen molar-refractivity contribution in [1.29, 1.82) is 0 Å². The number of aryl methyl sites for hydroxylation is 2. The van der Waals surface area contributed by atoms with E-state index in [1.807, 2.05) is 4.57 Å². The number of methoxy groups -OCH3 is 1. The highest BCUT2D eigenvalue weighted by molar-refractivity contribution is 6.16. The molecule has 0 aliphatic rings. The van der Waals surface area contributed by atoms with E-state index in [-0.39, 0.29) is 5.88 Å². The minimum atomic E-state index is 0.267. The monoisotopic (exact) mass is 294 g/mol. The normalized spacial score (nSPS) is 11.1. The summed E-state index contributed by atoms with van der Waals surface area (Å²) < 4.78 is 12.1. The maximum atomic E-state index is 5.94. The van der Waals surface area contributed by atoms with Crippen molar-refractivity contribution in [2.24, 2.45) is 0 Å². The van der Waals surface area contributed by atoms with Crippen molar-refractivity contribution in [2.45, 2.75) is 18.8 Å². The smallest absolute Gasteiger partial charge is 0.245 e. The summed E-state index contributed by atoms with van der Waals surface area (Å²) >= 11 is 5.94. The molecule has 0 aromatic carbocycles. The van der Waals surface area contributed by atoms with Crippen LogP contribution >= 0.6 is 11.6 Å². The third-order valence-corrected chi connectivity index (χ3v) is 3.09. The fourth-order valence-electron chi connectivity index (χ4n) is 1.96. The van der Waals surface area contributed by atoms with Crippen LogP contribution in [0.4, 0.5) is 0 Å². The number of ether oxygens (including phenoxy) is 1. The van der Waals surface area contributed by atoms with Crippen LogP contribution in [0.25, 0.3) is 11.2 Å². The fraction of sp³-hybridized carbons (Fsp3) is 0.364. The lowest BCUT2D eigenvalue weighted by Gasteiger charge is -2.04. The van der Waals surface area contributed by atoms with Crippen LogP contribution in [0, 0.1) is 0 Å². The summed E-state index contributed by atoms with van der Waals surface area (Å²) in [6, 6.07) is 0. The van der Waals surface area contributed by atoms with Gasteiger partial charge in [0.25, 0.3) is 0 Å². The molecule has 9 heteroatoms. The largest absolute Gasteiger partial charge is 0.479 e. The van der Waals surface area contributed by atoms with Crippen molar-refractivity contribution in [1.82, 2.24) is 29.7 Å². The highest BCUT2D eigenvalue weighted by Gasteiger charge is 2.16. The van der Waals surface area contributed by atoms with Crippen molar-refractivity contribution in [3.63, 3.8) is 0 Å². The number of alkyl halides is 1. The summed E-state index contributed by atoms with van der Waals surface area (Å²) in [5.74, 6) is 1.94. The average molecular weight is 295 g/mol. The van der Waals surface area contributed by atoms with Crippen LogP contribution in [-0.2, 0) is 18.8 Å². The van der Waals surface area contributed by atoms with Gasteiger partial charge < -0.3 is 13.8 Å². The van der Waals surface area contributed by atoms with Gasteiger partial charge in [0.15, 0.2) is 17.5 Å². The number of imidazole rings is 1. The number of hydrogen-bond donors (Lipinski definition) is 0. The first kappa shape index (κ1) is 12.8. The summed E-state index contributed by atoms with van der Waals surface area (Å²) in [6.45, 7) is 0.584. The first-order chi connectivity index (χ1) is 9.83. The zero-order valence-corrected chi connectivity index (χ0v) is 11.4. The predicted molar refractivity (Wildman–Crippen MR) is 69.4 cm³/mol. The first-order valence-corrected chi connectivity index (χ1v) is 6.42. The summed E-state index contributed by atoms with van der Waals surface area (Å²) in [7, 11) is 1.54. The van der Waals surface area contributed by atoms with Gasteiger partial charge in [-0.2, -0.15) is 9.97 Å². The zero-order chi connectivity index (χ0) is 13.9. The van der Waals surface area contributed by atoms with E-state index in [9.17, 15) is 0 Å².